The SMILES string of the molecule is N#Cc1cc(-c2cc(C(=O)O)c(O)cn2)ccc1N1CCCC1. The molecular weight excluding hydrogens is 294 g/mol. The Balaban J connectivity index is 2.03. The van der Waals surface area contributed by atoms with E-state index in [4.69, 9.17) is 5.11 Å². The van der Waals surface area contributed by atoms with E-state index in [1.807, 2.05) is 12.1 Å². The van der Waals surface area contributed by atoms with Crippen LogP contribution in [0, 0.1) is 11.3 Å². The number of benzene rings is 1. The molecule has 2 N–H and O–H groups in total. The Morgan fingerprint density at radius 2 is 2.00 bits per heavy atom. The van der Waals surface area contributed by atoms with Crippen molar-refractivity contribution in [3.05, 3.63) is 41.6 Å². The van der Waals surface area contributed by atoms with Crippen LogP contribution in [0.4, 0.5) is 5.69 Å². The summed E-state index contributed by atoms with van der Waals surface area (Å²) in [5.41, 5.74) is 2.27. The molecule has 116 valence electrons. The molecule has 2 aromatic rings. The fraction of sp³-hybridized carbons (Fsp3) is 0.235. The molecule has 0 bridgehead atoms. The van der Waals surface area contributed by atoms with Crippen LogP contribution in [-0.4, -0.2) is 34.3 Å². The van der Waals surface area contributed by atoms with Crippen LogP contribution in [0.25, 0.3) is 11.3 Å². The van der Waals surface area contributed by atoms with Crippen molar-refractivity contribution in [2.24, 2.45) is 0 Å². The normalized spacial score (nSPS) is 13.8. The van der Waals surface area contributed by atoms with Crippen LogP contribution in [0.2, 0.25) is 0 Å². The second-order valence-corrected chi connectivity index (χ2v) is 5.43. The van der Waals surface area contributed by atoms with Crippen LogP contribution in [0.15, 0.2) is 30.5 Å². The molecule has 6 nitrogen and oxygen atoms in total. The molecular formula is C17H15N3O3. The molecule has 0 atom stereocenters. The second-order valence-electron chi connectivity index (χ2n) is 5.43. The number of pyridine rings is 1. The summed E-state index contributed by atoms with van der Waals surface area (Å²) < 4.78 is 0. The average molecular weight is 309 g/mol. The van der Waals surface area contributed by atoms with E-state index in [1.165, 1.54) is 6.07 Å². The highest BCUT2D eigenvalue weighted by Gasteiger charge is 2.17. The van der Waals surface area contributed by atoms with Crippen molar-refractivity contribution >= 4 is 11.7 Å². The number of carboxylic acid groups (broad SMARTS) is 1. The van der Waals surface area contributed by atoms with Crippen molar-refractivity contribution in [2.45, 2.75) is 12.8 Å². The molecule has 1 aliphatic heterocycles. The summed E-state index contributed by atoms with van der Waals surface area (Å²) in [6.45, 7) is 1.88. The Hall–Kier alpha value is -3.07. The average Bonchev–Trinajstić information content (AvgIpc) is 3.08. The molecule has 1 saturated heterocycles. The van der Waals surface area contributed by atoms with Gasteiger partial charge in [-0.05, 0) is 31.0 Å². The van der Waals surface area contributed by atoms with Gasteiger partial charge in [0.15, 0.2) is 0 Å². The first kappa shape index (κ1) is 14.9. The number of rotatable bonds is 3. The van der Waals surface area contributed by atoms with E-state index in [-0.39, 0.29) is 11.3 Å². The molecule has 0 saturated carbocycles. The number of nitriles is 1. The number of anilines is 1. The van der Waals surface area contributed by atoms with Crippen molar-refractivity contribution in [1.29, 1.82) is 5.26 Å². The number of carbonyl (C=O) groups is 1. The molecule has 1 aliphatic rings. The quantitative estimate of drug-likeness (QED) is 0.904. The predicted octanol–water partition coefficient (Wildman–Crippen LogP) is 2.62. The van der Waals surface area contributed by atoms with E-state index < -0.39 is 5.97 Å². The summed E-state index contributed by atoms with van der Waals surface area (Å²) >= 11 is 0. The Bertz CT molecular complexity index is 805. The largest absolute Gasteiger partial charge is 0.505 e. The Morgan fingerprint density at radius 3 is 2.65 bits per heavy atom. The molecule has 2 heterocycles. The molecule has 1 fully saturated rings. The van der Waals surface area contributed by atoms with Crippen LogP contribution < -0.4 is 4.90 Å². The molecule has 6 heteroatoms. The van der Waals surface area contributed by atoms with Crippen molar-refractivity contribution in [3.63, 3.8) is 0 Å². The third kappa shape index (κ3) is 2.81. The zero-order valence-electron chi connectivity index (χ0n) is 12.4. The summed E-state index contributed by atoms with van der Waals surface area (Å²) in [7, 11) is 0. The lowest BCUT2D eigenvalue weighted by Gasteiger charge is -2.19. The summed E-state index contributed by atoms with van der Waals surface area (Å²) in [4.78, 5) is 17.3. The van der Waals surface area contributed by atoms with Gasteiger partial charge in [-0.25, -0.2) is 4.79 Å². The van der Waals surface area contributed by atoms with Crippen molar-refractivity contribution in [1.82, 2.24) is 4.98 Å². The lowest BCUT2D eigenvalue weighted by molar-refractivity contribution is 0.0693. The maximum atomic E-state index is 11.1. The zero-order valence-corrected chi connectivity index (χ0v) is 12.4. The van der Waals surface area contributed by atoms with Crippen LogP contribution >= 0.6 is 0 Å². The maximum Gasteiger partial charge on any atom is 0.339 e. The second kappa shape index (κ2) is 5.97. The highest BCUT2D eigenvalue weighted by Crippen LogP contribution is 2.30. The molecule has 0 aliphatic carbocycles. The van der Waals surface area contributed by atoms with E-state index in [2.05, 4.69) is 16.0 Å². The first-order valence-electron chi connectivity index (χ1n) is 7.32. The van der Waals surface area contributed by atoms with Gasteiger partial charge in [-0.15, -0.1) is 0 Å². The number of hydrogen-bond donors (Lipinski definition) is 2. The molecule has 0 spiro atoms. The molecule has 0 amide bonds. The minimum atomic E-state index is -1.22. The first-order valence-corrected chi connectivity index (χ1v) is 7.32. The predicted molar refractivity (Wildman–Crippen MR) is 84.5 cm³/mol. The van der Waals surface area contributed by atoms with Gasteiger partial charge in [0.05, 0.1) is 23.1 Å². The molecule has 1 aromatic heterocycles. The Kier molecular flexibility index (Phi) is 3.85. The molecule has 0 unspecified atom stereocenters. The standard InChI is InChI=1S/C17H15N3O3/c18-9-12-7-11(3-4-15(12)20-5-1-2-6-20)14-8-13(17(22)23)16(21)10-19-14/h3-4,7-8,10,21H,1-2,5-6H2,(H,22,23). The van der Waals surface area contributed by atoms with Gasteiger partial charge in [0.2, 0.25) is 0 Å². The van der Waals surface area contributed by atoms with E-state index in [1.54, 1.807) is 6.07 Å². The van der Waals surface area contributed by atoms with Gasteiger partial charge in [-0.2, -0.15) is 5.26 Å². The lowest BCUT2D eigenvalue weighted by Crippen LogP contribution is -2.18. The third-order valence-electron chi connectivity index (χ3n) is 3.97. The number of aromatic hydroxyl groups is 1. The van der Waals surface area contributed by atoms with Crippen molar-refractivity contribution in [3.8, 4) is 23.1 Å². The minimum Gasteiger partial charge on any atom is -0.505 e. The van der Waals surface area contributed by atoms with Gasteiger partial charge in [-0.3, -0.25) is 4.98 Å². The van der Waals surface area contributed by atoms with Gasteiger partial charge in [-0.1, -0.05) is 6.07 Å². The Labute approximate surface area is 133 Å². The van der Waals surface area contributed by atoms with Gasteiger partial charge in [0.25, 0.3) is 0 Å². The van der Waals surface area contributed by atoms with Crippen LogP contribution in [0.5, 0.6) is 5.75 Å². The van der Waals surface area contributed by atoms with Gasteiger partial charge < -0.3 is 15.1 Å². The van der Waals surface area contributed by atoms with Crippen LogP contribution in [0.3, 0.4) is 0 Å². The number of aromatic carboxylic acids is 1. The first-order chi connectivity index (χ1) is 11.1. The number of hydrogen-bond acceptors (Lipinski definition) is 5. The topological polar surface area (TPSA) is 97.5 Å². The number of aromatic nitrogens is 1. The highest BCUT2D eigenvalue weighted by atomic mass is 16.4. The molecule has 1 aromatic carbocycles. The summed E-state index contributed by atoms with van der Waals surface area (Å²) in [5.74, 6) is -1.60. The monoisotopic (exact) mass is 309 g/mol. The Morgan fingerprint density at radius 1 is 1.26 bits per heavy atom. The highest BCUT2D eigenvalue weighted by molar-refractivity contribution is 5.92. The van der Waals surface area contributed by atoms with E-state index in [9.17, 15) is 15.2 Å². The number of carboxylic acids is 1. The van der Waals surface area contributed by atoms with E-state index >= 15 is 0 Å². The van der Waals surface area contributed by atoms with Gasteiger partial charge in [0.1, 0.15) is 17.4 Å². The van der Waals surface area contributed by atoms with E-state index in [0.29, 0.717) is 16.8 Å². The van der Waals surface area contributed by atoms with Crippen LogP contribution in [-0.2, 0) is 0 Å². The fourth-order valence-electron chi connectivity index (χ4n) is 2.80. The minimum absolute atomic E-state index is 0.211. The van der Waals surface area contributed by atoms with E-state index in [0.717, 1.165) is 37.8 Å². The molecule has 3 rings (SSSR count). The lowest BCUT2D eigenvalue weighted by atomic mass is 10.0. The number of nitrogens with zero attached hydrogens (tertiary/aromatic N) is 3. The zero-order chi connectivity index (χ0) is 16.4. The van der Waals surface area contributed by atoms with Crippen LogP contribution in [0.1, 0.15) is 28.8 Å². The van der Waals surface area contributed by atoms with Crippen molar-refractivity contribution < 1.29 is 15.0 Å². The fourth-order valence-corrected chi connectivity index (χ4v) is 2.80. The smallest absolute Gasteiger partial charge is 0.339 e. The molecule has 0 radical (unpaired) electrons. The summed E-state index contributed by atoms with van der Waals surface area (Å²) in [5, 5.41) is 28.0. The third-order valence-corrected chi connectivity index (χ3v) is 3.97. The van der Waals surface area contributed by atoms with Crippen molar-refractivity contribution in [2.75, 3.05) is 18.0 Å². The maximum absolute atomic E-state index is 11.1. The van der Waals surface area contributed by atoms with Gasteiger partial charge in [0, 0.05) is 18.7 Å². The summed E-state index contributed by atoms with van der Waals surface area (Å²) in [6.07, 6.45) is 3.35. The molecule has 23 heavy (non-hydrogen) atoms. The van der Waals surface area contributed by atoms with Gasteiger partial charge >= 0.3 is 5.97 Å². The summed E-state index contributed by atoms with van der Waals surface area (Å²) in [6, 6.07) is 8.90.